The van der Waals surface area contributed by atoms with Gasteiger partial charge in [-0.15, -0.1) is 11.8 Å². The van der Waals surface area contributed by atoms with Crippen molar-refractivity contribution in [2.45, 2.75) is 13.3 Å². The maximum absolute atomic E-state index is 13.0. The summed E-state index contributed by atoms with van der Waals surface area (Å²) in [7, 11) is 0. The van der Waals surface area contributed by atoms with E-state index >= 15 is 0 Å². The summed E-state index contributed by atoms with van der Waals surface area (Å²) in [5.74, 6) is 1.37. The summed E-state index contributed by atoms with van der Waals surface area (Å²) in [6.45, 7) is 2.75. The van der Waals surface area contributed by atoms with E-state index in [2.05, 4.69) is 15.0 Å². The lowest BCUT2D eigenvalue weighted by Gasteiger charge is -2.41. The van der Waals surface area contributed by atoms with E-state index in [0.29, 0.717) is 18.1 Å². The number of quaternary nitrogens is 1. The number of aromatic nitrogens is 2. The van der Waals surface area contributed by atoms with Crippen LogP contribution in [0.15, 0.2) is 35.3 Å². The Morgan fingerprint density at radius 3 is 2.76 bits per heavy atom. The predicted octanol–water partition coefficient (Wildman–Crippen LogP) is 3.37. The van der Waals surface area contributed by atoms with Crippen molar-refractivity contribution in [2.75, 3.05) is 19.5 Å². The Kier molecular flexibility index (Phi) is 3.84. The number of hydrogen-bond donors (Lipinski definition) is 1. The molecule has 1 aromatic heterocycles. The van der Waals surface area contributed by atoms with Gasteiger partial charge in [0.25, 0.3) is 0 Å². The molecule has 3 rings (SSSR count). The first-order valence-corrected chi connectivity index (χ1v) is 8.23. The van der Waals surface area contributed by atoms with Gasteiger partial charge in [0.2, 0.25) is 5.82 Å². The minimum Gasteiger partial charge on any atom is -0.625 e. The van der Waals surface area contributed by atoms with E-state index in [9.17, 15) is 5.21 Å². The Hall–Kier alpha value is -1.63. The van der Waals surface area contributed by atoms with Crippen LogP contribution in [0.1, 0.15) is 19.0 Å². The Balaban J connectivity index is 2.11. The first kappa shape index (κ1) is 14.3. The number of thioether (sulfide) groups is 1. The van der Waals surface area contributed by atoms with Gasteiger partial charge in [-0.2, -0.15) is 0 Å². The van der Waals surface area contributed by atoms with Crippen molar-refractivity contribution in [1.82, 2.24) is 14.6 Å². The third kappa shape index (κ3) is 2.50. The Labute approximate surface area is 128 Å². The Bertz CT molecular complexity index is 668. The molecule has 1 atom stereocenters. The van der Waals surface area contributed by atoms with Gasteiger partial charge < -0.3 is 5.21 Å². The molecule has 1 aliphatic heterocycles. The minimum absolute atomic E-state index is 0.230. The topological polar surface area (TPSA) is 64.1 Å². The van der Waals surface area contributed by atoms with Gasteiger partial charge in [0.1, 0.15) is 10.9 Å². The van der Waals surface area contributed by atoms with Gasteiger partial charge in [0, 0.05) is 5.56 Å². The monoisotopic (exact) mass is 302 g/mol. The fourth-order valence-electron chi connectivity index (χ4n) is 2.57. The van der Waals surface area contributed by atoms with Crippen molar-refractivity contribution in [1.29, 1.82) is 0 Å². The third-order valence-electron chi connectivity index (χ3n) is 3.56. The van der Waals surface area contributed by atoms with E-state index in [1.165, 1.54) is 11.8 Å². The largest absolute Gasteiger partial charge is 0.625 e. The summed E-state index contributed by atoms with van der Waals surface area (Å²) in [5, 5.41) is 13.8. The van der Waals surface area contributed by atoms with Crippen molar-refractivity contribution < 1.29 is 0 Å². The quantitative estimate of drug-likeness (QED) is 0.698. The molecule has 0 saturated heterocycles. The Morgan fingerprint density at radius 2 is 2.10 bits per heavy atom. The minimum atomic E-state index is -0.449. The summed E-state index contributed by atoms with van der Waals surface area (Å²) in [4.78, 5) is 12.3. The smallest absolute Gasteiger partial charge is 0.237 e. The second-order valence-corrected chi connectivity index (χ2v) is 5.87. The zero-order valence-corrected chi connectivity index (χ0v) is 13.0. The second-order valence-electron chi connectivity index (χ2n) is 5.07. The van der Waals surface area contributed by atoms with Crippen LogP contribution in [0.3, 0.4) is 0 Å². The summed E-state index contributed by atoms with van der Waals surface area (Å²) < 4.78 is -0.449. The molecule has 0 radical (unpaired) electrons. The number of rotatable bonds is 3. The molecule has 0 amide bonds. The molecule has 0 spiro atoms. The molecule has 5 nitrogen and oxygen atoms in total. The zero-order valence-electron chi connectivity index (χ0n) is 12.2. The molecule has 0 saturated carbocycles. The molecular weight excluding hydrogens is 284 g/mol. The van der Waals surface area contributed by atoms with Crippen LogP contribution in [0.4, 0.5) is 5.82 Å². The molecule has 110 valence electrons. The van der Waals surface area contributed by atoms with Gasteiger partial charge in [0.15, 0.2) is 12.4 Å². The van der Waals surface area contributed by atoms with Gasteiger partial charge in [-0.05, 0) is 12.7 Å². The fraction of sp³-hybridized carbons (Fsp3) is 0.333. The third-order valence-corrected chi connectivity index (χ3v) is 4.27. The zero-order chi connectivity index (χ0) is 14.9. The lowest BCUT2D eigenvalue weighted by atomic mass is 10.2. The van der Waals surface area contributed by atoms with Gasteiger partial charge in [-0.25, -0.2) is 9.98 Å². The summed E-state index contributed by atoms with van der Waals surface area (Å²) >= 11 is 1.53. The number of aliphatic imine (C=N–C) groups is 1. The first-order chi connectivity index (χ1) is 10.2. The number of nitrogens with zero attached hydrogens (tertiary/aromatic N) is 3. The van der Waals surface area contributed by atoms with Gasteiger partial charge in [-0.1, -0.05) is 37.3 Å². The number of imidazole rings is 1. The van der Waals surface area contributed by atoms with E-state index in [-0.39, 0.29) is 6.67 Å². The number of fused-ring (bicyclic) bond motifs is 1. The molecule has 21 heavy (non-hydrogen) atoms. The highest BCUT2D eigenvalue weighted by Crippen LogP contribution is 2.34. The van der Waals surface area contributed by atoms with Crippen LogP contribution < -0.4 is 4.65 Å². The number of H-pyrrole nitrogens is 1. The molecule has 6 heteroatoms. The van der Waals surface area contributed by atoms with Crippen molar-refractivity contribution in [3.8, 4) is 11.4 Å². The standard InChI is InChI=1S/C15H18N4OS/c1-3-9-19(20)10-16-15(21-2)12-14(19)18-13(17-12)11-7-5-4-6-8-11/h4-8H,3,9-10H2,1-2H3,(H,17,18). The van der Waals surface area contributed by atoms with Gasteiger partial charge >= 0.3 is 0 Å². The number of nitrogens with one attached hydrogen (secondary N) is 1. The highest BCUT2D eigenvalue weighted by Gasteiger charge is 2.33. The number of benzene rings is 1. The molecule has 0 fully saturated rings. The molecule has 1 unspecified atom stereocenters. The van der Waals surface area contributed by atoms with Crippen LogP contribution in [-0.4, -0.2) is 34.5 Å². The molecule has 2 aromatic rings. The highest BCUT2D eigenvalue weighted by molar-refractivity contribution is 8.13. The van der Waals surface area contributed by atoms with Crippen molar-refractivity contribution in [2.24, 2.45) is 4.99 Å². The van der Waals surface area contributed by atoms with Crippen LogP contribution >= 0.6 is 11.8 Å². The number of hydroxylamine groups is 2. The first-order valence-electron chi connectivity index (χ1n) is 7.01. The predicted molar refractivity (Wildman–Crippen MR) is 89.3 cm³/mol. The molecule has 0 bridgehead atoms. The summed E-state index contributed by atoms with van der Waals surface area (Å²) in [6, 6.07) is 9.86. The van der Waals surface area contributed by atoms with Crippen molar-refractivity contribution in [3.05, 3.63) is 41.2 Å². The maximum atomic E-state index is 13.0. The van der Waals surface area contributed by atoms with E-state index in [1.807, 2.05) is 43.5 Å². The summed E-state index contributed by atoms with van der Waals surface area (Å²) in [6.07, 6.45) is 2.77. The normalized spacial score (nSPS) is 21.0. The molecule has 1 aliphatic rings. The Morgan fingerprint density at radius 1 is 1.33 bits per heavy atom. The van der Waals surface area contributed by atoms with Crippen LogP contribution in [0.5, 0.6) is 0 Å². The van der Waals surface area contributed by atoms with Crippen LogP contribution in [0.25, 0.3) is 11.4 Å². The molecule has 2 heterocycles. The van der Waals surface area contributed by atoms with Gasteiger partial charge in [0.05, 0.1) is 6.54 Å². The fourth-order valence-corrected chi connectivity index (χ4v) is 3.09. The summed E-state index contributed by atoms with van der Waals surface area (Å²) in [5.41, 5.74) is 1.69. The molecule has 1 N–H and O–H groups in total. The average Bonchev–Trinajstić information content (AvgIpc) is 2.96. The van der Waals surface area contributed by atoms with Gasteiger partial charge in [-0.3, -0.25) is 9.63 Å². The van der Waals surface area contributed by atoms with Crippen molar-refractivity contribution >= 4 is 22.6 Å². The molecular formula is C15H18N4OS. The average molecular weight is 302 g/mol. The van der Waals surface area contributed by atoms with Crippen LogP contribution in [-0.2, 0) is 0 Å². The number of hydrogen-bond acceptors (Lipinski definition) is 4. The highest BCUT2D eigenvalue weighted by atomic mass is 32.2. The molecule has 1 aromatic carbocycles. The van der Waals surface area contributed by atoms with E-state index < -0.39 is 4.65 Å². The lowest BCUT2D eigenvalue weighted by Crippen LogP contribution is -2.47. The van der Waals surface area contributed by atoms with Crippen LogP contribution in [0.2, 0.25) is 0 Å². The van der Waals surface area contributed by atoms with Crippen LogP contribution in [0, 0.1) is 5.21 Å². The molecule has 0 aliphatic carbocycles. The van der Waals surface area contributed by atoms with E-state index in [1.54, 1.807) is 0 Å². The lowest BCUT2D eigenvalue weighted by molar-refractivity contribution is 0.369. The SMILES string of the molecule is CCC[N+]1([O-])CN=C(SC)c2nc(-c3ccccc3)[nH]c21. The number of aromatic amines is 1. The van der Waals surface area contributed by atoms with E-state index in [4.69, 9.17) is 0 Å². The maximum Gasteiger partial charge on any atom is 0.237 e. The second kappa shape index (κ2) is 5.63. The van der Waals surface area contributed by atoms with E-state index in [0.717, 1.165) is 22.9 Å². The van der Waals surface area contributed by atoms with Crippen molar-refractivity contribution in [3.63, 3.8) is 0 Å².